The molecule has 1 fully saturated rings. The maximum absolute atomic E-state index is 11.8. The Morgan fingerprint density at radius 3 is 1.59 bits per heavy atom. The third-order valence-electron chi connectivity index (χ3n) is 2.79. The Balaban J connectivity index is 2.99. The first-order valence-electron chi connectivity index (χ1n) is 5.03. The minimum absolute atomic E-state index is 0.285. The molecule has 0 saturated carbocycles. The highest BCUT2D eigenvalue weighted by Crippen LogP contribution is 2.36. The highest BCUT2D eigenvalue weighted by Gasteiger charge is 2.52. The second-order valence-corrected chi connectivity index (χ2v) is 5.38. The molecule has 0 aromatic carbocycles. The predicted molar refractivity (Wildman–Crippen MR) is 77.4 cm³/mol. The second-order valence-electron chi connectivity index (χ2n) is 3.62. The summed E-state index contributed by atoms with van der Waals surface area (Å²) in [7, 11) is 2.64. The van der Waals surface area contributed by atoms with Crippen LogP contribution in [0.1, 0.15) is 0 Å². The van der Waals surface area contributed by atoms with E-state index in [-0.39, 0.29) is 12.2 Å². The Bertz CT molecular complexity index is 268. The van der Waals surface area contributed by atoms with Crippen LogP contribution in [0.2, 0.25) is 0 Å². The molecule has 0 N–H and O–H groups in total. The van der Waals surface area contributed by atoms with E-state index in [1.54, 1.807) is 0 Å². The summed E-state index contributed by atoms with van der Waals surface area (Å²) in [6.07, 6.45) is -0.571. The van der Waals surface area contributed by atoms with Crippen LogP contribution in [0.4, 0.5) is 0 Å². The number of rotatable bonds is 4. The Morgan fingerprint density at radius 1 is 1.00 bits per heavy atom. The van der Waals surface area contributed by atoms with Crippen LogP contribution in [0.25, 0.3) is 0 Å². The van der Waals surface area contributed by atoms with Crippen LogP contribution in [-0.4, -0.2) is 47.2 Å². The van der Waals surface area contributed by atoms with Crippen LogP contribution >= 0.6 is 45.2 Å². The molecule has 0 amide bonds. The monoisotopic (exact) mass is 468 g/mol. The number of esters is 2. The summed E-state index contributed by atoms with van der Waals surface area (Å²) in [5.41, 5.74) is 0. The molecule has 1 aliphatic heterocycles. The van der Waals surface area contributed by atoms with Gasteiger partial charge in [0, 0.05) is 8.86 Å². The molecule has 98 valence electrons. The molecule has 0 aromatic heterocycles. The van der Waals surface area contributed by atoms with Gasteiger partial charge < -0.3 is 14.2 Å². The molecule has 1 saturated heterocycles. The van der Waals surface area contributed by atoms with Gasteiger partial charge in [0.1, 0.15) is 0 Å². The number of halogens is 2. The molecular weight excluding hydrogens is 454 g/mol. The van der Waals surface area contributed by atoms with E-state index < -0.39 is 23.8 Å². The quantitative estimate of drug-likeness (QED) is 0.353. The van der Waals surface area contributed by atoms with E-state index in [9.17, 15) is 9.59 Å². The standard InChI is InChI=1S/C10H14I2O5/c1-15-9(13)7-5(3-11)17-6(4-12)8(7)10(14)16-2/h5-8H,3-4H2,1-2H3/t5-,6?,7?,8?/m1/s1. The lowest BCUT2D eigenvalue weighted by Crippen LogP contribution is -2.37. The van der Waals surface area contributed by atoms with E-state index in [1.807, 2.05) is 0 Å². The summed E-state index contributed by atoms with van der Waals surface area (Å²) in [6.45, 7) is 0. The molecular formula is C10H14I2O5. The van der Waals surface area contributed by atoms with E-state index in [1.165, 1.54) is 14.2 Å². The molecule has 1 heterocycles. The van der Waals surface area contributed by atoms with Crippen LogP contribution in [-0.2, 0) is 23.8 Å². The number of carbonyl (C=O) groups is 2. The van der Waals surface area contributed by atoms with Crippen LogP contribution < -0.4 is 0 Å². The van der Waals surface area contributed by atoms with Gasteiger partial charge in [-0.1, -0.05) is 45.2 Å². The molecule has 0 bridgehead atoms. The van der Waals surface area contributed by atoms with Gasteiger partial charge >= 0.3 is 11.9 Å². The third-order valence-corrected chi connectivity index (χ3v) is 4.52. The average molecular weight is 468 g/mol. The Labute approximate surface area is 127 Å². The molecule has 1 rings (SSSR count). The van der Waals surface area contributed by atoms with Crippen molar-refractivity contribution in [3.8, 4) is 0 Å². The highest BCUT2D eigenvalue weighted by atomic mass is 127. The van der Waals surface area contributed by atoms with E-state index in [4.69, 9.17) is 14.2 Å². The van der Waals surface area contributed by atoms with Gasteiger partial charge in [-0.3, -0.25) is 9.59 Å². The molecule has 17 heavy (non-hydrogen) atoms. The van der Waals surface area contributed by atoms with E-state index in [0.717, 1.165) is 0 Å². The van der Waals surface area contributed by atoms with Gasteiger partial charge in [0.25, 0.3) is 0 Å². The topological polar surface area (TPSA) is 61.8 Å². The minimum atomic E-state index is -0.566. The number of hydrogen-bond donors (Lipinski definition) is 0. The highest BCUT2D eigenvalue weighted by molar-refractivity contribution is 14.1. The van der Waals surface area contributed by atoms with Crippen molar-refractivity contribution in [1.29, 1.82) is 0 Å². The van der Waals surface area contributed by atoms with Gasteiger partial charge in [0.15, 0.2) is 0 Å². The normalized spacial score (nSPS) is 32.2. The summed E-state index contributed by atoms with van der Waals surface area (Å²) in [5.74, 6) is -1.95. The van der Waals surface area contributed by atoms with Gasteiger partial charge in [-0.25, -0.2) is 0 Å². The fourth-order valence-corrected chi connectivity index (χ4v) is 3.50. The first-order valence-corrected chi connectivity index (χ1v) is 8.08. The molecule has 5 nitrogen and oxygen atoms in total. The zero-order valence-electron chi connectivity index (χ0n) is 9.52. The second kappa shape index (κ2) is 7.07. The van der Waals surface area contributed by atoms with Gasteiger partial charge in [0.2, 0.25) is 0 Å². The number of carbonyl (C=O) groups excluding carboxylic acids is 2. The maximum Gasteiger partial charge on any atom is 0.312 e. The molecule has 4 atom stereocenters. The molecule has 0 spiro atoms. The Hall–Kier alpha value is 0.360. The smallest absolute Gasteiger partial charge is 0.312 e. The van der Waals surface area contributed by atoms with Crippen LogP contribution in [0.15, 0.2) is 0 Å². The first-order chi connectivity index (χ1) is 8.10. The lowest BCUT2D eigenvalue weighted by molar-refractivity contribution is -0.156. The van der Waals surface area contributed by atoms with Gasteiger partial charge in [-0.2, -0.15) is 0 Å². The van der Waals surface area contributed by atoms with Gasteiger partial charge in [-0.05, 0) is 0 Å². The number of methoxy groups -OCH3 is 2. The van der Waals surface area contributed by atoms with Crippen molar-refractivity contribution < 1.29 is 23.8 Å². The zero-order chi connectivity index (χ0) is 13.0. The lowest BCUT2D eigenvalue weighted by Gasteiger charge is -2.18. The summed E-state index contributed by atoms with van der Waals surface area (Å²) >= 11 is 4.28. The minimum Gasteiger partial charge on any atom is -0.469 e. The van der Waals surface area contributed by atoms with Crippen molar-refractivity contribution in [1.82, 2.24) is 0 Å². The largest absolute Gasteiger partial charge is 0.469 e. The van der Waals surface area contributed by atoms with Gasteiger partial charge in [0.05, 0.1) is 38.3 Å². The first kappa shape index (κ1) is 15.4. The van der Waals surface area contributed by atoms with E-state index >= 15 is 0 Å². The summed E-state index contributed by atoms with van der Waals surface area (Å²) in [5, 5.41) is 0. The molecule has 7 heteroatoms. The summed E-state index contributed by atoms with van der Waals surface area (Å²) in [4.78, 5) is 23.5. The maximum atomic E-state index is 11.8. The molecule has 3 unspecified atom stereocenters. The van der Waals surface area contributed by atoms with E-state index in [2.05, 4.69) is 45.2 Å². The zero-order valence-corrected chi connectivity index (χ0v) is 13.8. The molecule has 1 aliphatic rings. The van der Waals surface area contributed by atoms with Crippen molar-refractivity contribution in [3.63, 3.8) is 0 Å². The van der Waals surface area contributed by atoms with Crippen molar-refractivity contribution in [3.05, 3.63) is 0 Å². The van der Waals surface area contributed by atoms with Crippen molar-refractivity contribution in [2.75, 3.05) is 23.1 Å². The number of hydrogen-bond acceptors (Lipinski definition) is 5. The fraction of sp³-hybridized carbons (Fsp3) is 0.800. The van der Waals surface area contributed by atoms with Crippen molar-refractivity contribution in [2.24, 2.45) is 11.8 Å². The van der Waals surface area contributed by atoms with Crippen LogP contribution in [0.3, 0.4) is 0 Å². The molecule has 0 radical (unpaired) electrons. The van der Waals surface area contributed by atoms with Crippen molar-refractivity contribution >= 4 is 57.1 Å². The lowest BCUT2D eigenvalue weighted by atomic mass is 9.88. The summed E-state index contributed by atoms with van der Waals surface area (Å²) in [6, 6.07) is 0. The van der Waals surface area contributed by atoms with Crippen molar-refractivity contribution in [2.45, 2.75) is 12.2 Å². The fourth-order valence-electron chi connectivity index (χ4n) is 1.99. The SMILES string of the molecule is COC(=O)C1C(CI)O[C@H](CI)C1C(=O)OC. The van der Waals surface area contributed by atoms with Crippen LogP contribution in [0.5, 0.6) is 0 Å². The predicted octanol–water partition coefficient (Wildman–Crippen LogP) is 1.20. The number of alkyl halides is 2. The third kappa shape index (κ3) is 3.22. The molecule has 0 aliphatic carbocycles. The molecule has 0 aromatic rings. The van der Waals surface area contributed by atoms with Gasteiger partial charge in [-0.15, -0.1) is 0 Å². The summed E-state index contributed by atoms with van der Waals surface area (Å²) < 4.78 is 16.5. The average Bonchev–Trinajstić information content (AvgIpc) is 2.75. The Morgan fingerprint density at radius 2 is 1.35 bits per heavy atom. The Kier molecular flexibility index (Phi) is 6.41. The van der Waals surface area contributed by atoms with E-state index in [0.29, 0.717) is 8.86 Å². The number of ether oxygens (including phenoxy) is 3. The van der Waals surface area contributed by atoms with Crippen LogP contribution in [0, 0.1) is 11.8 Å².